The molecule has 1 heterocycles. The summed E-state index contributed by atoms with van der Waals surface area (Å²) in [6, 6.07) is 1.96. The molecule has 1 aromatic rings. The molecule has 1 amide bonds. The molecule has 0 spiro atoms. The molecule has 0 saturated heterocycles. The van der Waals surface area contributed by atoms with Crippen LogP contribution in [0.3, 0.4) is 0 Å². The van der Waals surface area contributed by atoms with Crippen LogP contribution in [0.1, 0.15) is 23.8 Å². The highest BCUT2D eigenvalue weighted by atomic mass is 32.1. The van der Waals surface area contributed by atoms with Gasteiger partial charge in [-0.2, -0.15) is 0 Å². The smallest absolute Gasteiger partial charge is 0.306 e. The van der Waals surface area contributed by atoms with Crippen LogP contribution in [0.4, 0.5) is 0 Å². The molecule has 3 N–H and O–H groups in total. The Hall–Kier alpha value is -1.66. The second-order valence-electron chi connectivity index (χ2n) is 4.59. The van der Waals surface area contributed by atoms with Crippen LogP contribution in [-0.2, 0) is 9.59 Å². The third-order valence-corrected chi connectivity index (χ3v) is 3.45. The standard InChI is InChI=1S/C13H17NO4S/c1-9-5-6-19-10(9)3-4-11(15)14-8-13(2,18)7-12(16)17/h3-6,18H,7-8H2,1-2H3,(H,14,15)(H,16,17). The van der Waals surface area contributed by atoms with E-state index in [1.807, 2.05) is 18.4 Å². The number of carboxylic acids is 1. The summed E-state index contributed by atoms with van der Waals surface area (Å²) in [7, 11) is 0. The normalized spacial score (nSPS) is 14.3. The number of aliphatic hydroxyl groups is 1. The molecule has 0 radical (unpaired) electrons. The molecule has 0 bridgehead atoms. The fraction of sp³-hybridized carbons (Fsp3) is 0.385. The molecule has 0 saturated carbocycles. The van der Waals surface area contributed by atoms with E-state index in [9.17, 15) is 14.7 Å². The number of aliphatic carboxylic acids is 1. The topological polar surface area (TPSA) is 86.6 Å². The number of aryl methyl sites for hydroxylation is 1. The van der Waals surface area contributed by atoms with E-state index >= 15 is 0 Å². The number of carbonyl (C=O) groups excluding carboxylic acids is 1. The van der Waals surface area contributed by atoms with E-state index in [1.165, 1.54) is 24.3 Å². The summed E-state index contributed by atoms with van der Waals surface area (Å²) in [5.74, 6) is -1.47. The van der Waals surface area contributed by atoms with Crippen molar-refractivity contribution in [2.24, 2.45) is 0 Å². The molecule has 1 unspecified atom stereocenters. The number of thiophene rings is 1. The Morgan fingerprint density at radius 1 is 1.53 bits per heavy atom. The van der Waals surface area contributed by atoms with Crippen LogP contribution in [0.2, 0.25) is 0 Å². The molecule has 0 fully saturated rings. The zero-order valence-corrected chi connectivity index (χ0v) is 11.7. The highest BCUT2D eigenvalue weighted by Crippen LogP contribution is 2.16. The van der Waals surface area contributed by atoms with Crippen LogP contribution < -0.4 is 5.32 Å². The fourth-order valence-corrected chi connectivity index (χ4v) is 2.25. The van der Waals surface area contributed by atoms with Gasteiger partial charge in [-0.1, -0.05) is 0 Å². The average molecular weight is 283 g/mol. The Morgan fingerprint density at radius 2 is 2.21 bits per heavy atom. The second kappa shape index (κ2) is 6.49. The van der Waals surface area contributed by atoms with Crippen LogP contribution in [0.25, 0.3) is 6.08 Å². The molecule has 0 aliphatic carbocycles. The van der Waals surface area contributed by atoms with E-state index in [0.717, 1.165) is 10.4 Å². The van der Waals surface area contributed by atoms with Gasteiger partial charge in [0.05, 0.1) is 12.0 Å². The summed E-state index contributed by atoms with van der Waals surface area (Å²) in [5, 5.41) is 22.7. The summed E-state index contributed by atoms with van der Waals surface area (Å²) in [6.07, 6.45) is 2.65. The summed E-state index contributed by atoms with van der Waals surface area (Å²) in [4.78, 5) is 23.0. The maximum Gasteiger partial charge on any atom is 0.306 e. The van der Waals surface area contributed by atoms with Gasteiger partial charge in [0.2, 0.25) is 5.91 Å². The molecular weight excluding hydrogens is 266 g/mol. The third-order valence-electron chi connectivity index (χ3n) is 2.46. The van der Waals surface area contributed by atoms with Crippen molar-refractivity contribution in [1.29, 1.82) is 0 Å². The number of rotatable bonds is 6. The van der Waals surface area contributed by atoms with Gasteiger partial charge in [0.15, 0.2) is 0 Å². The number of hydrogen-bond donors (Lipinski definition) is 3. The lowest BCUT2D eigenvalue weighted by atomic mass is 10.0. The van der Waals surface area contributed by atoms with Crippen molar-refractivity contribution in [3.63, 3.8) is 0 Å². The molecule has 0 aliphatic rings. The first kappa shape index (κ1) is 15.4. The second-order valence-corrected chi connectivity index (χ2v) is 5.53. The number of hydrogen-bond acceptors (Lipinski definition) is 4. The van der Waals surface area contributed by atoms with E-state index in [4.69, 9.17) is 5.11 Å². The Balaban J connectivity index is 2.46. The lowest BCUT2D eigenvalue weighted by molar-refractivity contribution is -0.142. The van der Waals surface area contributed by atoms with Crippen LogP contribution in [-0.4, -0.2) is 34.2 Å². The van der Waals surface area contributed by atoms with E-state index in [-0.39, 0.29) is 12.5 Å². The quantitative estimate of drug-likeness (QED) is 0.689. The van der Waals surface area contributed by atoms with Crippen molar-refractivity contribution in [3.05, 3.63) is 28.0 Å². The minimum absolute atomic E-state index is 0.105. The maximum absolute atomic E-state index is 11.5. The third kappa shape index (κ3) is 5.67. The number of amides is 1. The zero-order chi connectivity index (χ0) is 14.5. The van der Waals surface area contributed by atoms with Crippen LogP contribution in [0, 0.1) is 6.92 Å². The highest BCUT2D eigenvalue weighted by Gasteiger charge is 2.24. The van der Waals surface area contributed by atoms with Crippen molar-refractivity contribution in [1.82, 2.24) is 5.32 Å². The van der Waals surface area contributed by atoms with Crippen molar-refractivity contribution in [2.75, 3.05) is 6.54 Å². The molecule has 0 aliphatic heterocycles. The number of nitrogens with one attached hydrogen (secondary N) is 1. The van der Waals surface area contributed by atoms with Gasteiger partial charge in [-0.3, -0.25) is 9.59 Å². The Labute approximate surface area is 115 Å². The van der Waals surface area contributed by atoms with Crippen molar-refractivity contribution >= 4 is 29.3 Å². The molecule has 104 valence electrons. The van der Waals surface area contributed by atoms with Crippen LogP contribution in [0.5, 0.6) is 0 Å². The van der Waals surface area contributed by atoms with E-state index < -0.39 is 18.0 Å². The average Bonchev–Trinajstić information content (AvgIpc) is 2.68. The van der Waals surface area contributed by atoms with Crippen molar-refractivity contribution in [2.45, 2.75) is 25.9 Å². The predicted octanol–water partition coefficient (Wildman–Crippen LogP) is 1.41. The molecule has 19 heavy (non-hydrogen) atoms. The number of carbonyl (C=O) groups is 2. The van der Waals surface area contributed by atoms with E-state index in [2.05, 4.69) is 5.32 Å². The van der Waals surface area contributed by atoms with Gasteiger partial charge in [-0.05, 0) is 36.9 Å². The molecule has 1 aromatic heterocycles. The van der Waals surface area contributed by atoms with Gasteiger partial charge in [-0.25, -0.2) is 0 Å². The first-order chi connectivity index (χ1) is 8.80. The fourth-order valence-electron chi connectivity index (χ4n) is 1.43. The van der Waals surface area contributed by atoms with Gasteiger partial charge in [0, 0.05) is 17.5 Å². The Bertz CT molecular complexity index is 491. The lowest BCUT2D eigenvalue weighted by Crippen LogP contribution is -2.41. The summed E-state index contributed by atoms with van der Waals surface area (Å²) in [5.41, 5.74) is -0.360. The van der Waals surface area contributed by atoms with Gasteiger partial charge in [0.25, 0.3) is 0 Å². The molecule has 0 aromatic carbocycles. The molecule has 1 rings (SSSR count). The van der Waals surface area contributed by atoms with Crippen LogP contribution >= 0.6 is 11.3 Å². The molecule has 5 nitrogen and oxygen atoms in total. The largest absolute Gasteiger partial charge is 0.481 e. The first-order valence-electron chi connectivity index (χ1n) is 5.74. The maximum atomic E-state index is 11.5. The van der Waals surface area contributed by atoms with Gasteiger partial charge < -0.3 is 15.5 Å². The van der Waals surface area contributed by atoms with Gasteiger partial charge >= 0.3 is 5.97 Å². The Kier molecular flexibility index (Phi) is 5.26. The van der Waals surface area contributed by atoms with Gasteiger partial charge in [-0.15, -0.1) is 11.3 Å². The predicted molar refractivity (Wildman–Crippen MR) is 74.0 cm³/mol. The Morgan fingerprint density at radius 3 is 2.74 bits per heavy atom. The van der Waals surface area contributed by atoms with Gasteiger partial charge in [0.1, 0.15) is 0 Å². The van der Waals surface area contributed by atoms with E-state index in [1.54, 1.807) is 6.08 Å². The van der Waals surface area contributed by atoms with E-state index in [0.29, 0.717) is 0 Å². The minimum atomic E-state index is -1.45. The monoisotopic (exact) mass is 283 g/mol. The first-order valence-corrected chi connectivity index (χ1v) is 6.62. The molecule has 1 atom stereocenters. The number of carboxylic acid groups (broad SMARTS) is 1. The SMILES string of the molecule is Cc1ccsc1C=CC(=O)NCC(C)(O)CC(=O)O. The van der Waals surface area contributed by atoms with Crippen molar-refractivity contribution in [3.8, 4) is 0 Å². The summed E-state index contributed by atoms with van der Waals surface area (Å²) < 4.78 is 0. The van der Waals surface area contributed by atoms with Crippen molar-refractivity contribution < 1.29 is 19.8 Å². The summed E-state index contributed by atoms with van der Waals surface area (Å²) in [6.45, 7) is 3.21. The highest BCUT2D eigenvalue weighted by molar-refractivity contribution is 7.11. The minimum Gasteiger partial charge on any atom is -0.481 e. The summed E-state index contributed by atoms with van der Waals surface area (Å²) >= 11 is 1.53. The van der Waals surface area contributed by atoms with Crippen LogP contribution in [0.15, 0.2) is 17.5 Å². The zero-order valence-electron chi connectivity index (χ0n) is 10.8. The lowest BCUT2D eigenvalue weighted by Gasteiger charge is -2.20. The molecular formula is C13H17NO4S. The molecule has 6 heteroatoms.